The molecule has 1 heterocycles. The van der Waals surface area contributed by atoms with Gasteiger partial charge in [0.1, 0.15) is 6.10 Å². The minimum absolute atomic E-state index is 0.0381. The van der Waals surface area contributed by atoms with Crippen LogP contribution in [-0.4, -0.2) is 31.8 Å². The zero-order valence-corrected chi connectivity index (χ0v) is 24.5. The minimum Gasteiger partial charge on any atom is -0.456 e. The summed E-state index contributed by atoms with van der Waals surface area (Å²) in [6.07, 6.45) is 5.99. The Labute approximate surface area is 223 Å². The number of esters is 1. The van der Waals surface area contributed by atoms with Crippen LogP contribution in [0.3, 0.4) is 0 Å². The van der Waals surface area contributed by atoms with Gasteiger partial charge in [-0.2, -0.15) is 0 Å². The van der Waals surface area contributed by atoms with Gasteiger partial charge in [-0.1, -0.05) is 76.4 Å². The van der Waals surface area contributed by atoms with Crippen LogP contribution in [0.15, 0.2) is 54.1 Å². The van der Waals surface area contributed by atoms with E-state index in [-0.39, 0.29) is 16.9 Å². The highest BCUT2D eigenvalue weighted by atomic mass is 28.4. The molecule has 1 saturated carbocycles. The van der Waals surface area contributed by atoms with Crippen LogP contribution in [0, 0.1) is 5.92 Å². The summed E-state index contributed by atoms with van der Waals surface area (Å²) in [5, 5.41) is 5.27. The zero-order valence-electron chi connectivity index (χ0n) is 23.5. The standard InChI is InChI=1S/C31H43NO4Si/c1-21-19-27(33)32-31(21,28(24-14-9-8-10-15-24)36-37(6,7)30(3,4)5)29(34)35-22(2)25-18-17-23-13-11-12-16-26(23)20-25/h11-13,16-20,22,24,28H,8-10,14-15H2,1-7H3,(H,32,33)/t22-,28-,31-/m0/s1. The lowest BCUT2D eigenvalue weighted by atomic mass is 9.74. The van der Waals surface area contributed by atoms with Crippen LogP contribution in [-0.2, 0) is 18.8 Å². The van der Waals surface area contributed by atoms with E-state index in [0.29, 0.717) is 5.57 Å². The van der Waals surface area contributed by atoms with E-state index in [1.165, 1.54) is 6.42 Å². The van der Waals surface area contributed by atoms with Gasteiger partial charge >= 0.3 is 5.97 Å². The Morgan fingerprint density at radius 3 is 2.30 bits per heavy atom. The number of nitrogens with one attached hydrogen (secondary N) is 1. The third kappa shape index (κ3) is 5.42. The third-order valence-corrected chi connectivity index (χ3v) is 13.3. The van der Waals surface area contributed by atoms with E-state index in [9.17, 15) is 9.59 Å². The summed E-state index contributed by atoms with van der Waals surface area (Å²) in [5.74, 6) is -0.511. The average molecular weight is 522 g/mol. The van der Waals surface area contributed by atoms with Gasteiger partial charge in [0.25, 0.3) is 0 Å². The van der Waals surface area contributed by atoms with Crippen LogP contribution in [0.25, 0.3) is 10.8 Å². The molecule has 3 atom stereocenters. The van der Waals surface area contributed by atoms with Crippen LogP contribution >= 0.6 is 0 Å². The molecule has 37 heavy (non-hydrogen) atoms. The number of hydrogen-bond donors (Lipinski definition) is 1. The maximum atomic E-state index is 14.2. The third-order valence-electron chi connectivity index (χ3n) is 8.87. The molecular formula is C31H43NO4Si. The number of amides is 1. The quantitative estimate of drug-likeness (QED) is 0.308. The molecule has 1 aliphatic carbocycles. The van der Waals surface area contributed by atoms with Gasteiger partial charge in [0.2, 0.25) is 5.91 Å². The van der Waals surface area contributed by atoms with Gasteiger partial charge in [-0.15, -0.1) is 0 Å². The van der Waals surface area contributed by atoms with Crippen LogP contribution in [0.5, 0.6) is 0 Å². The van der Waals surface area contributed by atoms with Crippen LogP contribution in [0.1, 0.15) is 78.4 Å². The van der Waals surface area contributed by atoms with Crippen molar-refractivity contribution >= 4 is 31.0 Å². The monoisotopic (exact) mass is 521 g/mol. The molecule has 0 spiro atoms. The van der Waals surface area contributed by atoms with Gasteiger partial charge in [-0.25, -0.2) is 4.79 Å². The summed E-state index contributed by atoms with van der Waals surface area (Å²) in [6, 6.07) is 14.3. The Morgan fingerprint density at radius 1 is 1.05 bits per heavy atom. The summed E-state index contributed by atoms with van der Waals surface area (Å²) >= 11 is 0. The maximum absolute atomic E-state index is 14.2. The van der Waals surface area contributed by atoms with Gasteiger partial charge < -0.3 is 14.5 Å². The highest BCUT2D eigenvalue weighted by Crippen LogP contribution is 2.45. The molecule has 0 aromatic heterocycles. The summed E-state index contributed by atoms with van der Waals surface area (Å²) in [7, 11) is -2.28. The highest BCUT2D eigenvalue weighted by Gasteiger charge is 2.58. The Kier molecular flexibility index (Phi) is 7.73. The molecule has 1 aliphatic heterocycles. The fraction of sp³-hybridized carbons (Fsp3) is 0.548. The normalized spacial score (nSPS) is 22.9. The van der Waals surface area contributed by atoms with Crippen molar-refractivity contribution in [3.63, 3.8) is 0 Å². The molecular weight excluding hydrogens is 478 g/mol. The summed E-state index contributed by atoms with van der Waals surface area (Å²) in [5.41, 5.74) is 0.287. The number of fused-ring (bicyclic) bond motifs is 1. The van der Waals surface area contributed by atoms with Gasteiger partial charge in [0, 0.05) is 6.08 Å². The summed E-state index contributed by atoms with van der Waals surface area (Å²) in [4.78, 5) is 27.0. The van der Waals surface area contributed by atoms with Crippen LogP contribution in [0.2, 0.25) is 18.1 Å². The van der Waals surface area contributed by atoms with E-state index in [0.717, 1.165) is 42.0 Å². The van der Waals surface area contributed by atoms with E-state index < -0.39 is 32.0 Å². The average Bonchev–Trinajstić information content (AvgIpc) is 3.16. The van der Waals surface area contributed by atoms with Crippen molar-refractivity contribution in [2.45, 2.75) is 103 Å². The molecule has 0 unspecified atom stereocenters. The van der Waals surface area contributed by atoms with Gasteiger partial charge in [-0.3, -0.25) is 4.79 Å². The first-order chi connectivity index (χ1) is 17.3. The van der Waals surface area contributed by atoms with Crippen molar-refractivity contribution in [2.75, 3.05) is 0 Å². The van der Waals surface area contributed by atoms with Crippen molar-refractivity contribution in [2.24, 2.45) is 5.92 Å². The number of carbonyl (C=O) groups is 2. The second-order valence-electron chi connectivity index (χ2n) is 12.5. The molecule has 0 bridgehead atoms. The molecule has 4 rings (SSSR count). The lowest BCUT2D eigenvalue weighted by Crippen LogP contribution is -2.66. The zero-order chi connectivity index (χ0) is 27.0. The molecule has 2 aromatic carbocycles. The SMILES string of the molecule is CC1=CC(=O)N[C@]1(C(=O)O[C@@H](C)c1ccc2ccccc2c1)[C@@H](O[Si](C)(C)C(C)(C)C)C1CCCCC1. The number of ether oxygens (including phenoxy) is 1. The van der Waals surface area contributed by atoms with Gasteiger partial charge in [0.15, 0.2) is 13.9 Å². The summed E-state index contributed by atoms with van der Waals surface area (Å²) < 4.78 is 13.3. The number of benzene rings is 2. The van der Waals surface area contributed by atoms with E-state index in [1.54, 1.807) is 6.08 Å². The van der Waals surface area contributed by atoms with E-state index in [2.05, 4.69) is 63.4 Å². The number of rotatable bonds is 7. The first-order valence-electron chi connectivity index (χ1n) is 13.7. The molecule has 6 heteroatoms. The fourth-order valence-corrected chi connectivity index (χ4v) is 6.87. The van der Waals surface area contributed by atoms with Crippen molar-refractivity contribution in [3.05, 3.63) is 59.7 Å². The molecule has 1 amide bonds. The molecule has 2 aromatic rings. The lowest BCUT2D eigenvalue weighted by Gasteiger charge is -2.48. The lowest BCUT2D eigenvalue weighted by molar-refractivity contribution is -0.162. The molecule has 0 saturated heterocycles. The number of carbonyl (C=O) groups excluding carboxylic acids is 2. The molecule has 200 valence electrons. The topological polar surface area (TPSA) is 64.6 Å². The molecule has 1 fully saturated rings. The Bertz CT molecular complexity index is 1190. The van der Waals surface area contributed by atoms with Crippen molar-refractivity contribution in [1.29, 1.82) is 0 Å². The Hall–Kier alpha value is -2.44. The first-order valence-corrected chi connectivity index (χ1v) is 16.6. The van der Waals surface area contributed by atoms with Gasteiger partial charge in [-0.05, 0) is 78.7 Å². The molecule has 1 N–H and O–H groups in total. The van der Waals surface area contributed by atoms with Crippen LogP contribution < -0.4 is 5.32 Å². The largest absolute Gasteiger partial charge is 0.456 e. The van der Waals surface area contributed by atoms with Crippen molar-refractivity contribution in [1.82, 2.24) is 5.32 Å². The van der Waals surface area contributed by atoms with Crippen LogP contribution in [0.4, 0.5) is 0 Å². The molecule has 5 nitrogen and oxygen atoms in total. The summed E-state index contributed by atoms with van der Waals surface area (Å²) in [6.45, 7) is 14.8. The first kappa shape index (κ1) is 27.6. The predicted octanol–water partition coefficient (Wildman–Crippen LogP) is 7.23. The smallest absolute Gasteiger partial charge is 0.339 e. The maximum Gasteiger partial charge on any atom is 0.339 e. The van der Waals surface area contributed by atoms with E-state index in [4.69, 9.17) is 9.16 Å². The molecule has 2 aliphatic rings. The molecule has 0 radical (unpaired) electrons. The Morgan fingerprint density at radius 2 is 1.70 bits per heavy atom. The van der Waals surface area contributed by atoms with E-state index >= 15 is 0 Å². The Balaban J connectivity index is 1.71. The van der Waals surface area contributed by atoms with Crippen molar-refractivity contribution < 1.29 is 18.8 Å². The fourth-order valence-electron chi connectivity index (χ4n) is 5.51. The number of hydrogen-bond acceptors (Lipinski definition) is 4. The van der Waals surface area contributed by atoms with Gasteiger partial charge in [0.05, 0.1) is 6.10 Å². The van der Waals surface area contributed by atoms with Crippen molar-refractivity contribution in [3.8, 4) is 0 Å². The predicted molar refractivity (Wildman–Crippen MR) is 152 cm³/mol. The highest BCUT2D eigenvalue weighted by molar-refractivity contribution is 6.74. The minimum atomic E-state index is -2.28. The van der Waals surface area contributed by atoms with E-state index in [1.807, 2.05) is 32.0 Å². The second-order valence-corrected chi connectivity index (χ2v) is 17.2. The second kappa shape index (κ2) is 10.4.